The quantitative estimate of drug-likeness (QED) is 0.310. The van der Waals surface area contributed by atoms with E-state index in [1.165, 1.54) is 0 Å². The third-order valence-electron chi connectivity index (χ3n) is 0. The van der Waals surface area contributed by atoms with Gasteiger partial charge in [-0.05, 0) is 0 Å². The Morgan fingerprint density at radius 2 is 0.667 bits per heavy atom. The Morgan fingerprint density at radius 3 is 0.667 bits per heavy atom. The Morgan fingerprint density at radius 1 is 0.667 bits per heavy atom. The van der Waals surface area contributed by atoms with Gasteiger partial charge in [0.05, 0.1) is 0 Å². The Hall–Kier alpha value is 0.956. The molecule has 0 N–H and O–H groups in total. The van der Waals surface area contributed by atoms with Gasteiger partial charge < -0.3 is 38.5 Å². The molecular weight excluding hydrogens is 274 g/mol. The Kier molecular flexibility index (Phi) is 16.5. The van der Waals surface area contributed by atoms with Gasteiger partial charge in [0, 0.05) is 0 Å². The number of phosphoric acid groups is 2. The molecule has 0 rings (SSSR count). The van der Waals surface area contributed by atoms with Gasteiger partial charge in [0.1, 0.15) is 0 Å². The second-order valence-corrected chi connectivity index (χ2v) is 2.68. The van der Waals surface area contributed by atoms with Crippen LogP contribution in [-0.2, 0) is 26.2 Å². The molecule has 0 saturated carbocycles. The third kappa shape index (κ3) is 1190. The summed E-state index contributed by atoms with van der Waals surface area (Å²) in [5.41, 5.74) is 0. The molecule has 0 aliphatic rings. The Labute approximate surface area is 82.6 Å². The van der Waals surface area contributed by atoms with Crippen LogP contribution < -0.4 is 29.4 Å². The van der Waals surface area contributed by atoms with E-state index in [1.807, 2.05) is 0 Å². The van der Waals surface area contributed by atoms with Crippen molar-refractivity contribution in [2.75, 3.05) is 0 Å². The molecule has 0 heterocycles. The van der Waals surface area contributed by atoms with Crippen molar-refractivity contribution in [2.24, 2.45) is 0 Å². The van der Waals surface area contributed by atoms with E-state index in [0.29, 0.717) is 0 Å². The minimum Gasteiger partial charge on any atom is -0.822 e. The van der Waals surface area contributed by atoms with Crippen LogP contribution in [0.2, 0.25) is 0 Å². The second kappa shape index (κ2) is 8.55. The molecule has 8 nitrogen and oxygen atoms in total. The van der Waals surface area contributed by atoms with Crippen LogP contribution in [0.1, 0.15) is 0 Å². The van der Waals surface area contributed by atoms with E-state index in [-0.39, 0.29) is 28.0 Å². The predicted molar refractivity (Wildman–Crippen MR) is 21.0 cm³/mol. The van der Waals surface area contributed by atoms with E-state index in [0.717, 1.165) is 0 Å². The van der Waals surface area contributed by atoms with Crippen molar-refractivity contribution in [1.82, 2.24) is 0 Å². The number of hydrogen-bond donors (Lipinski definition) is 0. The molecule has 0 spiro atoms. The molecule has 12 heavy (non-hydrogen) atoms. The molecule has 0 saturated heterocycles. The summed E-state index contributed by atoms with van der Waals surface area (Å²) in [5, 5.41) is 0. The van der Waals surface area contributed by atoms with Gasteiger partial charge in [-0.2, -0.15) is 15.6 Å². The third-order valence-corrected chi connectivity index (χ3v) is 0. The second-order valence-electron chi connectivity index (χ2n) is 0.894. The van der Waals surface area contributed by atoms with Crippen molar-refractivity contribution in [2.45, 2.75) is 0 Å². The summed E-state index contributed by atoms with van der Waals surface area (Å²) in [6.45, 7) is 0. The average molecular weight is 274 g/mol. The summed E-state index contributed by atoms with van der Waals surface area (Å²) in [6.07, 6.45) is 0. The van der Waals surface area contributed by atoms with Gasteiger partial charge in [-0.25, -0.2) is 0 Å². The minimum absolute atomic E-state index is 0. The van der Waals surface area contributed by atoms with Gasteiger partial charge in [0.2, 0.25) is 0 Å². The molecule has 0 unspecified atom stereocenters. The summed E-state index contributed by atoms with van der Waals surface area (Å²) in [5.74, 6) is 0. The van der Waals surface area contributed by atoms with E-state index in [1.54, 1.807) is 0 Å². The van der Waals surface area contributed by atoms with Crippen molar-refractivity contribution in [3.8, 4) is 0 Å². The summed E-state index contributed by atoms with van der Waals surface area (Å²) in [6, 6.07) is 0. The van der Waals surface area contributed by atoms with Crippen molar-refractivity contribution in [1.29, 1.82) is 0 Å². The first-order valence-electron chi connectivity index (χ1n) is 1.46. The number of rotatable bonds is 0. The molecule has 70 valence electrons. The van der Waals surface area contributed by atoms with Crippen LogP contribution in [0, 0.1) is 0 Å². The smallest absolute Gasteiger partial charge is 0.822 e. The van der Waals surface area contributed by atoms with Gasteiger partial charge in [-0.15, -0.1) is 0 Å². The van der Waals surface area contributed by atoms with Crippen LogP contribution in [0.25, 0.3) is 0 Å². The zero-order chi connectivity index (χ0) is 9.00. The topological polar surface area (TPSA) is 172 Å². The van der Waals surface area contributed by atoms with Gasteiger partial charge in [0.15, 0.2) is 0 Å². The molecule has 0 fully saturated rings. The first-order chi connectivity index (χ1) is 4.00. The monoisotopic (exact) mass is 274 g/mol. The van der Waals surface area contributed by atoms with E-state index >= 15 is 0 Å². The van der Waals surface area contributed by atoms with Crippen LogP contribution in [0.5, 0.6) is 0 Å². The number of hydrogen-bond acceptors (Lipinski definition) is 8. The van der Waals surface area contributed by atoms with Crippen LogP contribution in [0.15, 0.2) is 0 Å². The van der Waals surface area contributed by atoms with Crippen LogP contribution in [0.3, 0.4) is 0 Å². The molecule has 0 aromatic heterocycles. The molecule has 0 bridgehead atoms. The zero-order valence-electron chi connectivity index (χ0n) is 5.01. The molecule has 12 heteroatoms. The zero-order valence-corrected chi connectivity index (χ0v) is 8.91. The van der Waals surface area contributed by atoms with Gasteiger partial charge in [-0.3, -0.25) is 0 Å². The van der Waals surface area contributed by atoms with E-state index < -0.39 is 15.6 Å². The summed E-state index contributed by atoms with van der Waals surface area (Å²) in [4.78, 5) is 51.3. The Bertz CT molecular complexity index is 129. The Balaban J connectivity index is -0.0000000457. The maximum Gasteiger partial charge on any atom is 4.00 e. The maximum absolute atomic E-state index is 8.55. The molecule has 0 aromatic carbocycles. The standard InChI is InChI=1S/Fe.2H3O4P.Si/c;2*1-5(2,3)4;/h;2*(H3,1,2,3,4);/q+2;;;+4/p-6. The summed E-state index contributed by atoms with van der Waals surface area (Å²) < 4.78 is 17.1. The molecule has 0 aliphatic carbocycles. The SMILES string of the molecule is O=P([O-])([O-])[O-].O=P([O-])([O-])[O-].[Fe+2].[Si+4]. The first kappa shape index (κ1) is 23.1. The molecular formula is FeO8P2Si. The molecule has 0 atom stereocenters. The fourth-order valence-electron chi connectivity index (χ4n) is 0. The minimum atomic E-state index is -5.39. The van der Waals surface area contributed by atoms with Crippen LogP contribution in [0.4, 0.5) is 0 Å². The van der Waals surface area contributed by atoms with E-state index in [4.69, 9.17) is 38.5 Å². The fraction of sp³-hybridized carbons (Fsp3) is 0. The van der Waals surface area contributed by atoms with Crippen LogP contribution in [-0.4, -0.2) is 11.0 Å². The molecule has 0 aliphatic heterocycles. The first-order valence-corrected chi connectivity index (χ1v) is 4.38. The van der Waals surface area contributed by atoms with Crippen molar-refractivity contribution in [3.63, 3.8) is 0 Å². The van der Waals surface area contributed by atoms with Gasteiger partial charge in [0.25, 0.3) is 0 Å². The molecule has 0 radical (unpaired) electrons. The maximum atomic E-state index is 8.55. The predicted octanol–water partition coefficient (Wildman–Crippen LogP) is -6.03. The van der Waals surface area contributed by atoms with E-state index in [9.17, 15) is 0 Å². The van der Waals surface area contributed by atoms with E-state index in [2.05, 4.69) is 0 Å². The van der Waals surface area contributed by atoms with Gasteiger partial charge >= 0.3 is 28.0 Å². The van der Waals surface area contributed by atoms with Crippen molar-refractivity contribution >= 4 is 26.6 Å². The molecule has 0 amide bonds. The normalized spacial score (nSPS) is 9.83. The largest absolute Gasteiger partial charge is 4.00 e. The van der Waals surface area contributed by atoms with Crippen molar-refractivity contribution < 1.29 is 55.6 Å². The van der Waals surface area contributed by atoms with Crippen molar-refractivity contribution in [3.05, 3.63) is 0 Å². The molecule has 0 aromatic rings. The van der Waals surface area contributed by atoms with Crippen LogP contribution >= 0.6 is 15.6 Å². The average Bonchev–Trinajstić information content (AvgIpc) is 1.12. The summed E-state index contributed by atoms with van der Waals surface area (Å²) in [7, 11) is -10.8. The van der Waals surface area contributed by atoms with Gasteiger partial charge in [-0.1, -0.05) is 0 Å². The summed E-state index contributed by atoms with van der Waals surface area (Å²) >= 11 is 0. The fourth-order valence-corrected chi connectivity index (χ4v) is 0.